The number of aryl methyl sites for hydroxylation is 1. The van der Waals surface area contributed by atoms with Crippen LogP contribution in [-0.2, 0) is 16.1 Å². The molecule has 0 amide bonds. The van der Waals surface area contributed by atoms with Crippen LogP contribution in [0.15, 0.2) is 20.4 Å². The summed E-state index contributed by atoms with van der Waals surface area (Å²) in [6.07, 6.45) is 0. The molecule has 0 saturated heterocycles. The Morgan fingerprint density at radius 3 is 3.10 bits per heavy atom. The predicted octanol–water partition coefficient (Wildman–Crippen LogP) is 0.513. The molecule has 0 aromatic carbocycles. The van der Waals surface area contributed by atoms with Crippen LogP contribution in [-0.4, -0.2) is 37.8 Å². The maximum Gasteiger partial charge on any atom is 0.327 e. The number of esters is 1. The van der Waals surface area contributed by atoms with Gasteiger partial charge in [0.05, 0.1) is 6.61 Å². The van der Waals surface area contributed by atoms with Crippen molar-refractivity contribution in [2.75, 3.05) is 6.61 Å². The molecule has 0 spiro atoms. The van der Waals surface area contributed by atoms with Crippen molar-refractivity contribution in [2.45, 2.75) is 30.6 Å². The van der Waals surface area contributed by atoms with Crippen LogP contribution < -0.4 is 4.74 Å². The number of carbonyl (C=O) groups is 1. The number of carbonyl (C=O) groups excluding carboxylic acids is 1. The molecular weight excluding hydrogens is 302 g/mol. The molecule has 8 nitrogen and oxygen atoms in total. The highest BCUT2D eigenvalue weighted by atomic mass is 32.2. The molecule has 0 saturated carbocycles. The molecule has 0 fully saturated rings. The van der Waals surface area contributed by atoms with Gasteiger partial charge in [-0.05, 0) is 36.0 Å². The number of hydrogen-bond acceptors (Lipinski definition) is 9. The lowest BCUT2D eigenvalue weighted by molar-refractivity contribution is -0.144. The second-order valence-electron chi connectivity index (χ2n) is 3.61. The van der Waals surface area contributed by atoms with Gasteiger partial charge in [0.1, 0.15) is 6.54 Å². The average Bonchev–Trinajstić information content (AvgIpc) is 2.81. The highest BCUT2D eigenvalue weighted by Gasteiger charge is 2.15. The van der Waals surface area contributed by atoms with Gasteiger partial charge in [0.2, 0.25) is 5.16 Å². The Kier molecular flexibility index (Phi) is 4.79. The smallest absolute Gasteiger partial charge is 0.327 e. The Hall–Kier alpha value is -1.81. The maximum atomic E-state index is 11.7. The molecule has 20 heavy (non-hydrogen) atoms. The van der Waals surface area contributed by atoms with Gasteiger partial charge in [0, 0.05) is 11.1 Å². The third kappa shape index (κ3) is 3.61. The maximum absolute atomic E-state index is 11.7. The van der Waals surface area contributed by atoms with E-state index in [1.807, 2.05) is 0 Å². The van der Waals surface area contributed by atoms with Crippen LogP contribution in [0.4, 0.5) is 0 Å². The first-order valence-corrected chi connectivity index (χ1v) is 7.36. The van der Waals surface area contributed by atoms with E-state index in [2.05, 4.69) is 20.5 Å². The zero-order chi connectivity index (χ0) is 14.5. The molecule has 0 radical (unpaired) electrons. The number of hydrogen-bond donors (Lipinski definition) is 0. The van der Waals surface area contributed by atoms with Crippen molar-refractivity contribution in [1.82, 2.24) is 25.2 Å². The molecule has 106 valence electrons. The fourth-order valence-electron chi connectivity index (χ4n) is 1.27. The number of nitrogens with zero attached hydrogens (tertiary/aromatic N) is 5. The third-order valence-electron chi connectivity index (χ3n) is 2.06. The first-order valence-electron chi connectivity index (χ1n) is 5.66. The second kappa shape index (κ2) is 6.57. The minimum Gasteiger partial charge on any atom is -0.465 e. The largest absolute Gasteiger partial charge is 0.465 e. The monoisotopic (exact) mass is 313 g/mol. The molecule has 0 aliphatic carbocycles. The van der Waals surface area contributed by atoms with E-state index in [0.29, 0.717) is 5.16 Å². The molecule has 0 atom stereocenters. The lowest BCUT2D eigenvalue weighted by atomic mass is 10.6. The SMILES string of the molecule is CCOC(=O)Cn1nnnc1Sc1nc(C)csc1=O. The lowest BCUT2D eigenvalue weighted by Crippen LogP contribution is -2.15. The van der Waals surface area contributed by atoms with Crippen LogP contribution in [0.5, 0.6) is 0 Å². The Labute approximate surface area is 122 Å². The third-order valence-corrected chi connectivity index (χ3v) is 4.00. The molecular formula is C10H11N5O3S2. The molecule has 10 heteroatoms. The van der Waals surface area contributed by atoms with Gasteiger partial charge in [0.15, 0.2) is 5.03 Å². The van der Waals surface area contributed by atoms with Crippen LogP contribution in [0.25, 0.3) is 0 Å². The molecule has 0 N–H and O–H groups in total. The summed E-state index contributed by atoms with van der Waals surface area (Å²) in [4.78, 5) is 27.3. The summed E-state index contributed by atoms with van der Waals surface area (Å²) in [5, 5.41) is 13.2. The lowest BCUT2D eigenvalue weighted by Gasteiger charge is -2.03. The summed E-state index contributed by atoms with van der Waals surface area (Å²) < 4.78 is 5.92. The molecule has 0 aliphatic heterocycles. The number of rotatable bonds is 5. The van der Waals surface area contributed by atoms with Crippen molar-refractivity contribution < 1.29 is 9.53 Å². The molecule has 0 bridgehead atoms. The average molecular weight is 313 g/mol. The molecule has 0 aliphatic rings. The quantitative estimate of drug-likeness (QED) is 0.736. The fourth-order valence-corrected chi connectivity index (χ4v) is 2.75. The zero-order valence-corrected chi connectivity index (χ0v) is 12.4. The first kappa shape index (κ1) is 14.6. The van der Waals surface area contributed by atoms with Gasteiger partial charge in [-0.15, -0.1) is 5.10 Å². The van der Waals surface area contributed by atoms with Gasteiger partial charge < -0.3 is 4.74 Å². The van der Waals surface area contributed by atoms with Gasteiger partial charge in [-0.1, -0.05) is 11.3 Å². The van der Waals surface area contributed by atoms with Crippen LogP contribution in [0.3, 0.4) is 0 Å². The van der Waals surface area contributed by atoms with E-state index in [1.165, 1.54) is 4.68 Å². The van der Waals surface area contributed by atoms with Crippen molar-refractivity contribution in [1.29, 1.82) is 0 Å². The Bertz CT molecular complexity index is 669. The van der Waals surface area contributed by atoms with Crippen LogP contribution in [0, 0.1) is 6.92 Å². The molecule has 2 aromatic rings. The summed E-state index contributed by atoms with van der Waals surface area (Å²) >= 11 is 2.09. The van der Waals surface area contributed by atoms with E-state index in [4.69, 9.17) is 4.74 Å². The minimum absolute atomic E-state index is 0.105. The van der Waals surface area contributed by atoms with Crippen molar-refractivity contribution in [3.8, 4) is 0 Å². The Balaban J connectivity index is 2.18. The summed E-state index contributed by atoms with van der Waals surface area (Å²) in [5.41, 5.74) is 0.738. The highest BCUT2D eigenvalue weighted by Crippen LogP contribution is 2.21. The zero-order valence-electron chi connectivity index (χ0n) is 10.8. The van der Waals surface area contributed by atoms with Crippen molar-refractivity contribution in [3.05, 3.63) is 20.6 Å². The number of ether oxygens (including phenoxy) is 1. The van der Waals surface area contributed by atoms with Gasteiger partial charge in [0.25, 0.3) is 4.74 Å². The Morgan fingerprint density at radius 1 is 1.55 bits per heavy atom. The summed E-state index contributed by atoms with van der Waals surface area (Å²) in [7, 11) is 0. The van der Waals surface area contributed by atoms with Crippen molar-refractivity contribution >= 4 is 29.1 Å². The molecule has 2 rings (SSSR count). The van der Waals surface area contributed by atoms with Gasteiger partial charge in [-0.25, -0.2) is 9.67 Å². The Morgan fingerprint density at radius 2 is 2.35 bits per heavy atom. The van der Waals surface area contributed by atoms with Crippen molar-refractivity contribution in [2.24, 2.45) is 0 Å². The summed E-state index contributed by atoms with van der Waals surface area (Å²) in [6.45, 7) is 3.69. The van der Waals surface area contributed by atoms with Crippen LogP contribution in [0.1, 0.15) is 12.6 Å². The topological polar surface area (TPSA) is 99.9 Å². The molecule has 2 heterocycles. The fraction of sp³-hybridized carbons (Fsp3) is 0.400. The predicted molar refractivity (Wildman–Crippen MR) is 71.7 cm³/mol. The summed E-state index contributed by atoms with van der Waals surface area (Å²) in [6, 6.07) is 0. The van der Waals surface area contributed by atoms with E-state index in [1.54, 1.807) is 19.2 Å². The van der Waals surface area contributed by atoms with Crippen LogP contribution >= 0.6 is 23.1 Å². The van der Waals surface area contributed by atoms with E-state index < -0.39 is 5.97 Å². The van der Waals surface area contributed by atoms with E-state index >= 15 is 0 Å². The minimum atomic E-state index is -0.441. The van der Waals surface area contributed by atoms with Crippen molar-refractivity contribution in [3.63, 3.8) is 0 Å². The molecule has 2 aromatic heterocycles. The normalized spacial score (nSPS) is 10.5. The summed E-state index contributed by atoms with van der Waals surface area (Å²) in [5.74, 6) is -0.441. The van der Waals surface area contributed by atoms with Gasteiger partial charge in [-0.3, -0.25) is 9.59 Å². The standard InChI is InChI=1S/C10H11N5O3S2/c1-3-18-7(16)4-15-10(12-13-14-15)20-8-9(17)19-5-6(2)11-8/h5H,3-4H2,1-2H3. The highest BCUT2D eigenvalue weighted by molar-refractivity contribution is 7.99. The first-order chi connectivity index (χ1) is 9.60. The number of aromatic nitrogens is 5. The van der Waals surface area contributed by atoms with Gasteiger partial charge >= 0.3 is 5.97 Å². The van der Waals surface area contributed by atoms with E-state index in [9.17, 15) is 9.59 Å². The molecule has 0 unspecified atom stereocenters. The number of tetrazole rings is 1. The van der Waals surface area contributed by atoms with Gasteiger partial charge in [-0.2, -0.15) is 0 Å². The van der Waals surface area contributed by atoms with E-state index in [0.717, 1.165) is 28.8 Å². The second-order valence-corrected chi connectivity index (χ2v) is 5.41. The van der Waals surface area contributed by atoms with E-state index in [-0.39, 0.29) is 22.9 Å². The van der Waals surface area contributed by atoms with Crippen LogP contribution in [0.2, 0.25) is 0 Å².